The third-order valence-electron chi connectivity index (χ3n) is 4.41. The molecule has 0 heterocycles. The standard InChI is InChI=1S/C16H31NO2/c1-11(10-12(2)18)17-15(19)13-6-8-14(9-7-13)16(3,4)5/h11-14,18H,6-10H2,1-5H3,(H,17,19). The van der Waals surface area contributed by atoms with Gasteiger partial charge in [0.2, 0.25) is 5.91 Å². The maximum absolute atomic E-state index is 12.2. The molecule has 0 spiro atoms. The molecular weight excluding hydrogens is 238 g/mol. The Morgan fingerprint density at radius 3 is 2.16 bits per heavy atom. The number of carbonyl (C=O) groups excluding carboxylic acids is 1. The van der Waals surface area contributed by atoms with Crippen LogP contribution in [0.25, 0.3) is 0 Å². The summed E-state index contributed by atoms with van der Waals surface area (Å²) in [6.07, 6.45) is 4.61. The zero-order chi connectivity index (χ0) is 14.6. The van der Waals surface area contributed by atoms with Crippen molar-refractivity contribution in [2.24, 2.45) is 17.3 Å². The molecule has 2 unspecified atom stereocenters. The summed E-state index contributed by atoms with van der Waals surface area (Å²) in [4.78, 5) is 12.2. The fraction of sp³-hybridized carbons (Fsp3) is 0.938. The lowest BCUT2D eigenvalue weighted by Gasteiger charge is -2.36. The van der Waals surface area contributed by atoms with E-state index in [0.717, 1.165) is 31.6 Å². The Kier molecular flexibility index (Phi) is 5.84. The van der Waals surface area contributed by atoms with E-state index in [9.17, 15) is 9.90 Å². The van der Waals surface area contributed by atoms with Crippen LogP contribution in [0, 0.1) is 17.3 Å². The van der Waals surface area contributed by atoms with Crippen molar-refractivity contribution in [3.63, 3.8) is 0 Å². The summed E-state index contributed by atoms with van der Waals surface area (Å²) in [7, 11) is 0. The second kappa shape index (κ2) is 6.74. The Balaban J connectivity index is 2.37. The van der Waals surface area contributed by atoms with Gasteiger partial charge in [0.25, 0.3) is 0 Å². The van der Waals surface area contributed by atoms with Crippen LogP contribution in [0.1, 0.15) is 66.7 Å². The van der Waals surface area contributed by atoms with Gasteiger partial charge in [0.05, 0.1) is 6.10 Å². The Hall–Kier alpha value is -0.570. The lowest BCUT2D eigenvalue weighted by Crippen LogP contribution is -2.40. The minimum atomic E-state index is -0.355. The third-order valence-corrected chi connectivity index (χ3v) is 4.41. The van der Waals surface area contributed by atoms with Crippen molar-refractivity contribution in [2.45, 2.75) is 78.9 Å². The molecule has 1 rings (SSSR count). The Morgan fingerprint density at radius 2 is 1.74 bits per heavy atom. The monoisotopic (exact) mass is 269 g/mol. The van der Waals surface area contributed by atoms with Crippen molar-refractivity contribution in [3.05, 3.63) is 0 Å². The first-order chi connectivity index (χ1) is 8.70. The second-order valence-electron chi connectivity index (χ2n) is 7.41. The van der Waals surface area contributed by atoms with Crippen LogP contribution >= 0.6 is 0 Å². The summed E-state index contributed by atoms with van der Waals surface area (Å²) in [5.41, 5.74) is 0.362. The average Bonchev–Trinajstić information content (AvgIpc) is 2.26. The molecule has 0 bridgehead atoms. The van der Waals surface area contributed by atoms with Crippen molar-refractivity contribution in [1.82, 2.24) is 5.32 Å². The van der Waals surface area contributed by atoms with Crippen LogP contribution in [0.5, 0.6) is 0 Å². The summed E-state index contributed by atoms with van der Waals surface area (Å²) >= 11 is 0. The minimum Gasteiger partial charge on any atom is -0.393 e. The highest BCUT2D eigenvalue weighted by Gasteiger charge is 2.32. The molecule has 112 valence electrons. The molecule has 3 heteroatoms. The molecule has 1 saturated carbocycles. The van der Waals surface area contributed by atoms with Crippen molar-refractivity contribution in [3.8, 4) is 0 Å². The van der Waals surface area contributed by atoms with E-state index in [4.69, 9.17) is 0 Å². The molecule has 3 nitrogen and oxygen atoms in total. The van der Waals surface area contributed by atoms with Crippen molar-refractivity contribution < 1.29 is 9.90 Å². The van der Waals surface area contributed by atoms with Crippen molar-refractivity contribution in [1.29, 1.82) is 0 Å². The lowest BCUT2D eigenvalue weighted by atomic mass is 9.69. The van der Waals surface area contributed by atoms with Crippen LogP contribution < -0.4 is 5.32 Å². The molecule has 0 aromatic carbocycles. The van der Waals surface area contributed by atoms with Crippen molar-refractivity contribution >= 4 is 5.91 Å². The first-order valence-electron chi connectivity index (χ1n) is 7.68. The van der Waals surface area contributed by atoms with E-state index in [1.165, 1.54) is 0 Å². The second-order valence-corrected chi connectivity index (χ2v) is 7.41. The van der Waals surface area contributed by atoms with Gasteiger partial charge in [-0.2, -0.15) is 0 Å². The molecule has 2 N–H and O–H groups in total. The van der Waals surface area contributed by atoms with Gasteiger partial charge in [-0.1, -0.05) is 20.8 Å². The number of hydrogen-bond acceptors (Lipinski definition) is 2. The fourth-order valence-electron chi connectivity index (χ4n) is 3.15. The first-order valence-corrected chi connectivity index (χ1v) is 7.68. The molecule has 1 aliphatic carbocycles. The van der Waals surface area contributed by atoms with Gasteiger partial charge in [0.15, 0.2) is 0 Å². The highest BCUT2D eigenvalue weighted by Crippen LogP contribution is 2.39. The zero-order valence-electron chi connectivity index (χ0n) is 13.2. The average molecular weight is 269 g/mol. The van der Waals surface area contributed by atoms with E-state index in [2.05, 4.69) is 26.1 Å². The Bertz CT molecular complexity index is 286. The molecule has 0 saturated heterocycles. The summed E-state index contributed by atoms with van der Waals surface area (Å²) < 4.78 is 0. The van der Waals surface area contributed by atoms with E-state index in [1.807, 2.05) is 6.92 Å². The number of aliphatic hydroxyl groups excluding tert-OH is 1. The van der Waals surface area contributed by atoms with E-state index >= 15 is 0 Å². The van der Waals surface area contributed by atoms with Gasteiger partial charge in [-0.05, 0) is 57.3 Å². The molecule has 0 aromatic rings. The van der Waals surface area contributed by atoms with Crippen LogP contribution in [0.15, 0.2) is 0 Å². The number of aliphatic hydroxyl groups is 1. The largest absolute Gasteiger partial charge is 0.393 e. The highest BCUT2D eigenvalue weighted by molar-refractivity contribution is 5.78. The molecule has 0 aliphatic heterocycles. The SMILES string of the molecule is CC(O)CC(C)NC(=O)C1CCC(C(C)(C)C)CC1. The number of hydrogen-bond donors (Lipinski definition) is 2. The minimum absolute atomic E-state index is 0.0628. The summed E-state index contributed by atoms with van der Waals surface area (Å²) in [5, 5.41) is 12.4. The lowest BCUT2D eigenvalue weighted by molar-refractivity contribution is -0.127. The number of amides is 1. The molecule has 0 radical (unpaired) electrons. The predicted molar refractivity (Wildman–Crippen MR) is 78.8 cm³/mol. The van der Waals surface area contributed by atoms with E-state index in [0.29, 0.717) is 11.8 Å². The van der Waals surface area contributed by atoms with Crippen LogP contribution in [0.2, 0.25) is 0 Å². The quantitative estimate of drug-likeness (QED) is 0.824. The normalized spacial score (nSPS) is 27.7. The van der Waals surface area contributed by atoms with E-state index in [-0.39, 0.29) is 24.0 Å². The van der Waals surface area contributed by atoms with Gasteiger partial charge in [0.1, 0.15) is 0 Å². The zero-order valence-corrected chi connectivity index (χ0v) is 13.2. The predicted octanol–water partition coefficient (Wildman–Crippen LogP) is 3.11. The molecule has 2 atom stereocenters. The third kappa shape index (κ3) is 5.52. The smallest absolute Gasteiger partial charge is 0.223 e. The topological polar surface area (TPSA) is 49.3 Å². The molecule has 1 aliphatic rings. The van der Waals surface area contributed by atoms with Gasteiger partial charge in [-0.15, -0.1) is 0 Å². The van der Waals surface area contributed by atoms with Gasteiger partial charge in [0, 0.05) is 12.0 Å². The first kappa shape index (κ1) is 16.5. The molecule has 19 heavy (non-hydrogen) atoms. The van der Waals surface area contributed by atoms with Crippen LogP contribution in [-0.2, 0) is 4.79 Å². The molecular formula is C16H31NO2. The van der Waals surface area contributed by atoms with Gasteiger partial charge in [-0.25, -0.2) is 0 Å². The van der Waals surface area contributed by atoms with Gasteiger partial charge >= 0.3 is 0 Å². The van der Waals surface area contributed by atoms with Gasteiger partial charge in [-0.3, -0.25) is 4.79 Å². The van der Waals surface area contributed by atoms with Crippen molar-refractivity contribution in [2.75, 3.05) is 0 Å². The molecule has 1 amide bonds. The van der Waals surface area contributed by atoms with Gasteiger partial charge < -0.3 is 10.4 Å². The molecule has 1 fully saturated rings. The van der Waals surface area contributed by atoms with E-state index < -0.39 is 0 Å². The highest BCUT2D eigenvalue weighted by atomic mass is 16.3. The maximum atomic E-state index is 12.2. The van der Waals surface area contributed by atoms with Crippen LogP contribution in [0.3, 0.4) is 0 Å². The number of rotatable bonds is 4. The van der Waals surface area contributed by atoms with Crippen LogP contribution in [0.4, 0.5) is 0 Å². The summed E-state index contributed by atoms with van der Waals surface area (Å²) in [6, 6.07) is 0.0628. The summed E-state index contributed by atoms with van der Waals surface area (Å²) in [5.74, 6) is 1.10. The van der Waals surface area contributed by atoms with E-state index in [1.54, 1.807) is 6.92 Å². The maximum Gasteiger partial charge on any atom is 0.223 e. The Labute approximate surface area is 118 Å². The fourth-order valence-corrected chi connectivity index (χ4v) is 3.15. The number of carbonyl (C=O) groups is 1. The summed E-state index contributed by atoms with van der Waals surface area (Å²) in [6.45, 7) is 10.6. The number of nitrogens with one attached hydrogen (secondary N) is 1. The molecule has 0 aromatic heterocycles. The Morgan fingerprint density at radius 1 is 1.21 bits per heavy atom. The van der Waals surface area contributed by atoms with Crippen LogP contribution in [-0.4, -0.2) is 23.2 Å².